The summed E-state index contributed by atoms with van der Waals surface area (Å²) in [5.74, 6) is 0.411. The third kappa shape index (κ3) is 3.86. The zero-order valence-corrected chi connectivity index (χ0v) is 19.5. The molecule has 0 radical (unpaired) electrons. The van der Waals surface area contributed by atoms with Gasteiger partial charge in [-0.2, -0.15) is 0 Å². The molecule has 6 heteroatoms. The van der Waals surface area contributed by atoms with Crippen LogP contribution in [0.1, 0.15) is 73.6 Å². The number of nitrogens with zero attached hydrogens (tertiary/aromatic N) is 2. The van der Waals surface area contributed by atoms with Crippen molar-refractivity contribution in [3.05, 3.63) is 34.5 Å². The first-order chi connectivity index (χ1) is 14.9. The minimum atomic E-state index is 0.0292. The fourth-order valence-electron chi connectivity index (χ4n) is 5.77. The molecule has 0 saturated carbocycles. The SMILES string of the molecule is CCCN1C[C@@H](NC(=O)N(CC)CC)C[C@@H]2c3cc(C(C)=O)cc4[nH]c(C)c(c34)C[C@H]21. The van der Waals surface area contributed by atoms with E-state index < -0.39 is 0 Å². The molecule has 2 amide bonds. The van der Waals surface area contributed by atoms with Gasteiger partial charge in [0.2, 0.25) is 0 Å². The van der Waals surface area contributed by atoms with E-state index in [9.17, 15) is 9.59 Å². The molecule has 1 aliphatic heterocycles. The van der Waals surface area contributed by atoms with Gasteiger partial charge in [0, 0.05) is 59.8 Å². The van der Waals surface area contributed by atoms with Gasteiger partial charge in [-0.25, -0.2) is 4.79 Å². The summed E-state index contributed by atoms with van der Waals surface area (Å²) in [4.78, 5) is 33.0. The number of hydrogen-bond acceptors (Lipinski definition) is 3. The number of ketones is 1. The Morgan fingerprint density at radius 1 is 1.23 bits per heavy atom. The molecule has 1 fully saturated rings. The van der Waals surface area contributed by atoms with E-state index in [4.69, 9.17) is 0 Å². The number of aromatic amines is 1. The van der Waals surface area contributed by atoms with E-state index in [2.05, 4.69) is 35.1 Å². The molecule has 1 aromatic carbocycles. The average Bonchev–Trinajstić information content (AvgIpc) is 3.05. The predicted molar refractivity (Wildman–Crippen MR) is 125 cm³/mol. The van der Waals surface area contributed by atoms with Crippen molar-refractivity contribution in [3.8, 4) is 0 Å². The van der Waals surface area contributed by atoms with Crippen molar-refractivity contribution in [2.75, 3.05) is 26.2 Å². The van der Waals surface area contributed by atoms with Gasteiger partial charge >= 0.3 is 6.03 Å². The zero-order valence-electron chi connectivity index (χ0n) is 19.5. The molecular formula is C25H36N4O2. The number of likely N-dealkylation sites (tertiary alicyclic amines) is 1. The van der Waals surface area contributed by atoms with Gasteiger partial charge in [0.25, 0.3) is 0 Å². The van der Waals surface area contributed by atoms with Crippen molar-refractivity contribution in [3.63, 3.8) is 0 Å². The van der Waals surface area contributed by atoms with E-state index in [0.29, 0.717) is 25.0 Å². The van der Waals surface area contributed by atoms with Crippen LogP contribution < -0.4 is 5.32 Å². The highest BCUT2D eigenvalue weighted by Crippen LogP contribution is 2.45. The molecule has 2 aliphatic rings. The van der Waals surface area contributed by atoms with E-state index in [1.165, 1.54) is 22.2 Å². The largest absolute Gasteiger partial charge is 0.358 e. The maximum atomic E-state index is 12.8. The second-order valence-electron chi connectivity index (χ2n) is 9.20. The van der Waals surface area contributed by atoms with Crippen LogP contribution in [0.15, 0.2) is 12.1 Å². The number of urea groups is 1. The fourth-order valence-corrected chi connectivity index (χ4v) is 5.77. The molecule has 0 spiro atoms. The lowest BCUT2D eigenvalue weighted by Crippen LogP contribution is -2.58. The van der Waals surface area contributed by atoms with Crippen molar-refractivity contribution in [2.24, 2.45) is 0 Å². The van der Waals surface area contributed by atoms with Gasteiger partial charge in [-0.3, -0.25) is 9.69 Å². The molecule has 6 nitrogen and oxygen atoms in total. The Bertz CT molecular complexity index is 991. The van der Waals surface area contributed by atoms with Gasteiger partial charge in [-0.1, -0.05) is 6.92 Å². The van der Waals surface area contributed by atoms with E-state index >= 15 is 0 Å². The number of hydrogen-bond donors (Lipinski definition) is 2. The monoisotopic (exact) mass is 424 g/mol. The Labute approximate surface area is 185 Å². The Hall–Kier alpha value is -2.34. The summed E-state index contributed by atoms with van der Waals surface area (Å²) in [6.45, 7) is 13.4. The van der Waals surface area contributed by atoms with Gasteiger partial charge in [-0.15, -0.1) is 0 Å². The Kier molecular flexibility index (Phi) is 6.11. The number of aryl methyl sites for hydroxylation is 1. The molecule has 0 unspecified atom stereocenters. The Balaban J connectivity index is 1.73. The number of fused-ring (bicyclic) bond motifs is 2. The quantitative estimate of drug-likeness (QED) is 0.682. The van der Waals surface area contributed by atoms with Crippen LogP contribution in [0.5, 0.6) is 0 Å². The van der Waals surface area contributed by atoms with Gasteiger partial charge in [-0.05, 0) is 76.8 Å². The number of piperidine rings is 1. The van der Waals surface area contributed by atoms with Crippen molar-refractivity contribution in [1.29, 1.82) is 0 Å². The van der Waals surface area contributed by atoms with E-state index in [-0.39, 0.29) is 17.9 Å². The summed E-state index contributed by atoms with van der Waals surface area (Å²) in [6, 6.07) is 4.68. The number of nitrogens with one attached hydrogen (secondary N) is 2. The van der Waals surface area contributed by atoms with E-state index in [0.717, 1.165) is 43.4 Å². The summed E-state index contributed by atoms with van der Waals surface area (Å²) in [7, 11) is 0. The Morgan fingerprint density at radius 2 is 1.97 bits per heavy atom. The van der Waals surface area contributed by atoms with Crippen LogP contribution in [0, 0.1) is 6.92 Å². The van der Waals surface area contributed by atoms with Crippen LogP contribution >= 0.6 is 0 Å². The number of H-pyrrole nitrogens is 1. The number of aromatic nitrogens is 1. The smallest absolute Gasteiger partial charge is 0.317 e. The summed E-state index contributed by atoms with van der Waals surface area (Å²) in [6.07, 6.45) is 3.03. The number of carbonyl (C=O) groups is 2. The topological polar surface area (TPSA) is 68.4 Å². The molecule has 1 aromatic heterocycles. The lowest BCUT2D eigenvalue weighted by atomic mass is 9.73. The first-order valence-electron chi connectivity index (χ1n) is 11.8. The molecule has 1 aliphatic carbocycles. The minimum absolute atomic E-state index is 0.0292. The van der Waals surface area contributed by atoms with Crippen molar-refractivity contribution < 1.29 is 9.59 Å². The van der Waals surface area contributed by atoms with Gasteiger partial charge < -0.3 is 15.2 Å². The molecule has 0 bridgehead atoms. The molecule has 2 N–H and O–H groups in total. The summed E-state index contributed by atoms with van der Waals surface area (Å²) in [5.41, 5.74) is 5.73. The van der Waals surface area contributed by atoms with Gasteiger partial charge in [0.15, 0.2) is 5.78 Å². The number of amides is 2. The molecule has 4 rings (SSSR count). The third-order valence-corrected chi connectivity index (χ3v) is 7.28. The first kappa shape index (κ1) is 21.9. The lowest BCUT2D eigenvalue weighted by molar-refractivity contribution is 0.0976. The second-order valence-corrected chi connectivity index (χ2v) is 9.20. The second kappa shape index (κ2) is 8.65. The molecule has 168 valence electrons. The molecule has 2 heterocycles. The number of rotatable bonds is 6. The summed E-state index contributed by atoms with van der Waals surface area (Å²) in [5, 5.41) is 4.61. The van der Waals surface area contributed by atoms with Crippen LogP contribution in [0.2, 0.25) is 0 Å². The molecular weight excluding hydrogens is 388 g/mol. The van der Waals surface area contributed by atoms with E-state index in [1.807, 2.05) is 24.8 Å². The predicted octanol–water partition coefficient (Wildman–Crippen LogP) is 4.22. The van der Waals surface area contributed by atoms with Crippen molar-refractivity contribution in [2.45, 2.75) is 71.9 Å². The van der Waals surface area contributed by atoms with Crippen LogP contribution in [-0.2, 0) is 6.42 Å². The standard InChI is InChI=1S/C25H36N4O2/c1-6-9-29-14-18(27-25(31)28(7-2)8-3)12-20-21-10-17(16(5)30)11-22-24(21)19(13-23(20)29)15(4)26-22/h10-11,18,20,23,26H,6-9,12-14H2,1-5H3,(H,27,31)/t18-,20+,23+/m0/s1. The Morgan fingerprint density at radius 3 is 2.61 bits per heavy atom. The highest BCUT2D eigenvalue weighted by molar-refractivity contribution is 6.00. The zero-order chi connectivity index (χ0) is 22.3. The lowest BCUT2D eigenvalue weighted by Gasteiger charge is -2.47. The summed E-state index contributed by atoms with van der Waals surface area (Å²) < 4.78 is 0. The average molecular weight is 425 g/mol. The van der Waals surface area contributed by atoms with Gasteiger partial charge in [0.05, 0.1) is 0 Å². The number of carbonyl (C=O) groups excluding carboxylic acids is 2. The first-order valence-corrected chi connectivity index (χ1v) is 11.8. The van der Waals surface area contributed by atoms with Crippen LogP contribution in [0.4, 0.5) is 4.79 Å². The molecule has 31 heavy (non-hydrogen) atoms. The maximum Gasteiger partial charge on any atom is 0.317 e. The van der Waals surface area contributed by atoms with Crippen molar-refractivity contribution in [1.82, 2.24) is 20.1 Å². The van der Waals surface area contributed by atoms with Crippen LogP contribution in [-0.4, -0.2) is 64.9 Å². The van der Waals surface area contributed by atoms with Crippen molar-refractivity contribution >= 4 is 22.7 Å². The fraction of sp³-hybridized carbons (Fsp3) is 0.600. The van der Waals surface area contributed by atoms with Gasteiger partial charge in [0.1, 0.15) is 0 Å². The van der Waals surface area contributed by atoms with E-state index in [1.54, 1.807) is 6.92 Å². The molecule has 3 atom stereocenters. The highest BCUT2D eigenvalue weighted by atomic mass is 16.2. The molecule has 1 saturated heterocycles. The normalized spacial score (nSPS) is 22.9. The number of Topliss-reactive ketones (excluding diaryl/α,β-unsaturated/α-hetero) is 1. The van der Waals surface area contributed by atoms with Crippen LogP contribution in [0.3, 0.4) is 0 Å². The third-order valence-electron chi connectivity index (χ3n) is 7.28. The number of benzene rings is 1. The maximum absolute atomic E-state index is 12.8. The van der Waals surface area contributed by atoms with Crippen LogP contribution in [0.25, 0.3) is 10.9 Å². The minimum Gasteiger partial charge on any atom is -0.358 e. The summed E-state index contributed by atoms with van der Waals surface area (Å²) >= 11 is 0. The molecule has 2 aromatic rings. The highest BCUT2D eigenvalue weighted by Gasteiger charge is 2.42.